The Bertz CT molecular complexity index is 841. The van der Waals surface area contributed by atoms with Crippen molar-refractivity contribution in [3.8, 4) is 0 Å². The molecule has 1 saturated carbocycles. The Morgan fingerprint density at radius 1 is 1.06 bits per heavy atom. The van der Waals surface area contributed by atoms with Crippen LogP contribution in [-0.4, -0.2) is 28.8 Å². The molecule has 1 aliphatic carbocycles. The van der Waals surface area contributed by atoms with Gasteiger partial charge in [0.05, 0.1) is 12.6 Å². The number of aryl methyl sites for hydroxylation is 1. The second kappa shape index (κ2) is 11.1. The molecule has 1 fully saturated rings. The molecule has 3 rings (SSSR count). The molecule has 0 bridgehead atoms. The van der Waals surface area contributed by atoms with E-state index in [-0.39, 0.29) is 23.8 Å². The van der Waals surface area contributed by atoms with Crippen molar-refractivity contribution in [3.05, 3.63) is 71.3 Å². The van der Waals surface area contributed by atoms with Gasteiger partial charge >= 0.3 is 0 Å². The molecule has 3 N–H and O–H groups in total. The first kappa shape index (κ1) is 24.5. The van der Waals surface area contributed by atoms with Crippen LogP contribution < -0.4 is 5.32 Å². The van der Waals surface area contributed by atoms with E-state index in [1.54, 1.807) is 0 Å². The summed E-state index contributed by atoms with van der Waals surface area (Å²) in [6.07, 6.45) is 5.19. The molecule has 0 aliphatic heterocycles. The zero-order valence-electron chi connectivity index (χ0n) is 19.8. The molecule has 174 valence electrons. The number of rotatable bonds is 8. The quantitative estimate of drug-likeness (QED) is 0.548. The molecular weight excluding hydrogens is 398 g/mol. The van der Waals surface area contributed by atoms with E-state index in [9.17, 15) is 15.0 Å². The lowest BCUT2D eigenvalue weighted by Crippen LogP contribution is -2.45. The number of carbonyl (C=O) groups excluding carboxylic acids is 1. The minimum atomic E-state index is -0.916. The molecule has 2 aromatic rings. The Balaban J connectivity index is 1.51. The number of hydrogen-bond acceptors (Lipinski definition) is 3. The van der Waals surface area contributed by atoms with Crippen molar-refractivity contribution >= 4 is 5.91 Å². The van der Waals surface area contributed by atoms with E-state index in [1.165, 1.54) is 17.5 Å². The number of carbonyl (C=O) groups is 1. The van der Waals surface area contributed by atoms with Gasteiger partial charge in [0, 0.05) is 5.92 Å². The fourth-order valence-electron chi connectivity index (χ4n) is 4.74. The van der Waals surface area contributed by atoms with E-state index in [0.717, 1.165) is 32.1 Å². The van der Waals surface area contributed by atoms with Gasteiger partial charge in [-0.05, 0) is 53.7 Å². The average molecular weight is 438 g/mol. The predicted molar refractivity (Wildman–Crippen MR) is 129 cm³/mol. The Morgan fingerprint density at radius 2 is 1.75 bits per heavy atom. The number of aliphatic hydroxyl groups is 2. The highest BCUT2D eigenvalue weighted by molar-refractivity contribution is 5.79. The zero-order valence-corrected chi connectivity index (χ0v) is 19.8. The largest absolute Gasteiger partial charge is 0.394 e. The normalized spacial score (nSPS) is 21.0. The van der Waals surface area contributed by atoms with Gasteiger partial charge in [-0.15, -0.1) is 0 Å². The van der Waals surface area contributed by atoms with Gasteiger partial charge in [0.25, 0.3) is 0 Å². The van der Waals surface area contributed by atoms with E-state index < -0.39 is 12.1 Å². The van der Waals surface area contributed by atoms with Crippen LogP contribution in [0.25, 0.3) is 0 Å². The van der Waals surface area contributed by atoms with Gasteiger partial charge in [-0.25, -0.2) is 0 Å². The SMILES string of the molecule is CC(C)(C)c1ccc(CC[C@H]2CCC[C@@H](C(=O)N[C@H](CO)[C@H](O)c3ccccc3)C2)cc1. The van der Waals surface area contributed by atoms with Gasteiger partial charge in [0.2, 0.25) is 5.91 Å². The smallest absolute Gasteiger partial charge is 0.223 e. The van der Waals surface area contributed by atoms with Crippen LogP contribution in [-0.2, 0) is 16.6 Å². The van der Waals surface area contributed by atoms with Gasteiger partial charge in [-0.3, -0.25) is 4.79 Å². The molecule has 2 aromatic carbocycles. The fourth-order valence-corrected chi connectivity index (χ4v) is 4.74. The van der Waals surface area contributed by atoms with Crippen LogP contribution in [0.4, 0.5) is 0 Å². The molecule has 0 heterocycles. The van der Waals surface area contributed by atoms with Crippen LogP contribution >= 0.6 is 0 Å². The Hall–Kier alpha value is -2.17. The molecule has 32 heavy (non-hydrogen) atoms. The summed E-state index contributed by atoms with van der Waals surface area (Å²) >= 11 is 0. The minimum Gasteiger partial charge on any atom is -0.394 e. The summed E-state index contributed by atoms with van der Waals surface area (Å²) in [5.41, 5.74) is 3.58. The summed E-state index contributed by atoms with van der Waals surface area (Å²) in [6, 6.07) is 17.5. The van der Waals surface area contributed by atoms with E-state index in [1.807, 2.05) is 30.3 Å². The van der Waals surface area contributed by atoms with Crippen molar-refractivity contribution in [1.82, 2.24) is 5.32 Å². The second-order valence-electron chi connectivity index (χ2n) is 10.4. The zero-order chi connectivity index (χ0) is 23.1. The average Bonchev–Trinajstić information content (AvgIpc) is 2.81. The van der Waals surface area contributed by atoms with Crippen molar-refractivity contribution in [1.29, 1.82) is 0 Å². The maximum Gasteiger partial charge on any atom is 0.223 e. The predicted octanol–water partition coefficient (Wildman–Crippen LogP) is 4.93. The Labute approximate surface area is 193 Å². The molecule has 0 radical (unpaired) electrons. The van der Waals surface area contributed by atoms with Crippen LogP contribution in [0.2, 0.25) is 0 Å². The molecule has 0 saturated heterocycles. The highest BCUT2D eigenvalue weighted by atomic mass is 16.3. The molecule has 0 spiro atoms. The van der Waals surface area contributed by atoms with Gasteiger partial charge in [-0.2, -0.15) is 0 Å². The van der Waals surface area contributed by atoms with E-state index in [2.05, 4.69) is 50.4 Å². The Kier molecular flexibility index (Phi) is 8.50. The summed E-state index contributed by atoms with van der Waals surface area (Å²) in [5, 5.41) is 23.3. The summed E-state index contributed by atoms with van der Waals surface area (Å²) in [4.78, 5) is 12.9. The third-order valence-electron chi connectivity index (χ3n) is 6.86. The van der Waals surface area contributed by atoms with Gasteiger partial charge in [0.15, 0.2) is 0 Å². The van der Waals surface area contributed by atoms with Gasteiger partial charge < -0.3 is 15.5 Å². The molecule has 4 heteroatoms. The first-order valence-electron chi connectivity index (χ1n) is 12.0. The summed E-state index contributed by atoms with van der Waals surface area (Å²) in [7, 11) is 0. The molecular formula is C28H39NO3. The van der Waals surface area contributed by atoms with Crippen LogP contribution in [0.5, 0.6) is 0 Å². The third kappa shape index (κ3) is 6.66. The lowest BCUT2D eigenvalue weighted by Gasteiger charge is -2.31. The van der Waals surface area contributed by atoms with Gasteiger partial charge in [0.1, 0.15) is 6.10 Å². The first-order chi connectivity index (χ1) is 15.3. The maximum absolute atomic E-state index is 12.9. The van der Waals surface area contributed by atoms with E-state index in [0.29, 0.717) is 11.5 Å². The van der Waals surface area contributed by atoms with Crippen LogP contribution in [0, 0.1) is 11.8 Å². The lowest BCUT2D eigenvalue weighted by atomic mass is 9.78. The van der Waals surface area contributed by atoms with Crippen LogP contribution in [0.3, 0.4) is 0 Å². The second-order valence-corrected chi connectivity index (χ2v) is 10.4. The minimum absolute atomic E-state index is 0.0433. The van der Waals surface area contributed by atoms with Crippen molar-refractivity contribution in [2.75, 3.05) is 6.61 Å². The van der Waals surface area contributed by atoms with Crippen molar-refractivity contribution in [3.63, 3.8) is 0 Å². The monoisotopic (exact) mass is 437 g/mol. The number of aliphatic hydroxyl groups excluding tert-OH is 2. The molecule has 4 nitrogen and oxygen atoms in total. The number of nitrogens with one attached hydrogen (secondary N) is 1. The Morgan fingerprint density at radius 3 is 2.38 bits per heavy atom. The van der Waals surface area contributed by atoms with Gasteiger partial charge in [-0.1, -0.05) is 88.2 Å². The molecule has 0 unspecified atom stereocenters. The maximum atomic E-state index is 12.9. The molecule has 1 amide bonds. The van der Waals surface area contributed by atoms with E-state index in [4.69, 9.17) is 0 Å². The molecule has 4 atom stereocenters. The highest BCUT2D eigenvalue weighted by Crippen LogP contribution is 2.33. The first-order valence-corrected chi connectivity index (χ1v) is 12.0. The summed E-state index contributed by atoms with van der Waals surface area (Å²) < 4.78 is 0. The topological polar surface area (TPSA) is 69.6 Å². The highest BCUT2D eigenvalue weighted by Gasteiger charge is 2.30. The fraction of sp³-hybridized carbons (Fsp3) is 0.536. The lowest BCUT2D eigenvalue weighted by molar-refractivity contribution is -0.128. The van der Waals surface area contributed by atoms with Crippen LogP contribution in [0.1, 0.15) is 75.7 Å². The molecule has 0 aromatic heterocycles. The number of benzene rings is 2. The molecule has 1 aliphatic rings. The number of hydrogen-bond donors (Lipinski definition) is 3. The van der Waals surface area contributed by atoms with Crippen molar-refractivity contribution in [2.45, 2.75) is 76.9 Å². The third-order valence-corrected chi connectivity index (χ3v) is 6.86. The van der Waals surface area contributed by atoms with E-state index >= 15 is 0 Å². The standard InChI is InChI=1S/C28H39NO3/c1-28(2,3)24-16-14-20(15-17-24)12-13-21-8-7-11-23(18-21)27(32)29-25(19-30)26(31)22-9-5-4-6-10-22/h4-6,9-10,14-17,21,23,25-26,30-31H,7-8,11-13,18-19H2,1-3H3,(H,29,32)/t21-,23-,25-,26-/m1/s1. The summed E-state index contributed by atoms with van der Waals surface area (Å²) in [6.45, 7) is 6.41. The van der Waals surface area contributed by atoms with Crippen molar-refractivity contribution in [2.24, 2.45) is 11.8 Å². The van der Waals surface area contributed by atoms with Crippen LogP contribution in [0.15, 0.2) is 54.6 Å². The van der Waals surface area contributed by atoms with Crippen molar-refractivity contribution < 1.29 is 15.0 Å². The number of amides is 1. The summed E-state index contributed by atoms with van der Waals surface area (Å²) in [5.74, 6) is 0.445.